The van der Waals surface area contributed by atoms with Gasteiger partial charge in [-0.05, 0) is 97.0 Å². The average Bonchev–Trinajstić information content (AvgIpc) is 3.66. The van der Waals surface area contributed by atoms with Crippen molar-refractivity contribution in [3.8, 4) is 0 Å². The molecule has 3 saturated carbocycles. The molecule has 0 radical (unpaired) electrons. The van der Waals surface area contributed by atoms with E-state index in [-0.39, 0.29) is 26.9 Å². The van der Waals surface area contributed by atoms with E-state index in [0.717, 1.165) is 29.6 Å². The molecule has 4 atom stereocenters. The van der Waals surface area contributed by atoms with Crippen molar-refractivity contribution in [3.05, 3.63) is 159 Å². The fourth-order valence-corrected chi connectivity index (χ4v) is 15.0. The van der Waals surface area contributed by atoms with Crippen molar-refractivity contribution in [2.75, 3.05) is 6.16 Å². The van der Waals surface area contributed by atoms with Gasteiger partial charge in [-0.3, -0.25) is 6.79 Å². The van der Waals surface area contributed by atoms with E-state index in [4.69, 9.17) is 4.79 Å². The van der Waals surface area contributed by atoms with E-state index < -0.39 is 15.8 Å². The predicted octanol–water partition coefficient (Wildman–Crippen LogP) is 10.9. The Hall–Kier alpha value is -2.75. The van der Waals surface area contributed by atoms with E-state index >= 15 is 0 Å². The number of fused-ring (bicyclic) bond motifs is 1. The molecule has 0 amide bonds. The fraction of sp³-hybridized carbons (Fsp3) is 0.347. The summed E-state index contributed by atoms with van der Waals surface area (Å²) in [6.45, 7) is 3.25. The molecular weight excluding hydrogens is 768 g/mol. The first-order valence-electron chi connectivity index (χ1n) is 19.5. The minimum absolute atomic E-state index is 0. The standard InChI is InChI=1S/C29H39P.C18H15P.CHO.CH3.Ru/c1-4-12-23(13-5-1)29(28-21-20-24-14-10-11-19-27(24)28)22-30(25-15-6-2-7-16-25)26-17-8-3-9-18-26;1-4-10-16(11-5-1)19(17-12-6-2-7-13-17)18-14-8-3-9-15-18;1-2;;/h2-3,6-9,15-18,23-24,27-29H,1,4-5,10-14,19-22H2;1-15H;1H;1H3;/q;;2*-1;+2/p+1/t24?,27?,28?,29-;;;;/m1..../s1. The predicted molar refractivity (Wildman–Crippen MR) is 232 cm³/mol. The second kappa shape index (κ2) is 23.2. The Balaban J connectivity index is 0.000000237. The van der Waals surface area contributed by atoms with Crippen molar-refractivity contribution in [2.45, 2.75) is 70.6 Å². The normalized spacial score (nSPS) is 19.9. The third-order valence-electron chi connectivity index (χ3n) is 11.9. The van der Waals surface area contributed by atoms with Crippen LogP contribution in [0.1, 0.15) is 70.6 Å². The van der Waals surface area contributed by atoms with E-state index in [2.05, 4.69) is 158 Å². The molecule has 53 heavy (non-hydrogen) atoms. The molecule has 0 aliphatic heterocycles. The number of carbonyl (C=O) groups excluding carboxylic acids is 1. The Morgan fingerprint density at radius 1 is 0.509 bits per heavy atom. The Bertz CT molecular complexity index is 1530. The molecule has 3 aliphatic rings. The summed E-state index contributed by atoms with van der Waals surface area (Å²) in [6, 6.07) is 55.5. The van der Waals surface area contributed by atoms with Crippen molar-refractivity contribution in [3.63, 3.8) is 0 Å². The van der Waals surface area contributed by atoms with Crippen LogP contribution in [0.5, 0.6) is 0 Å². The van der Waals surface area contributed by atoms with Crippen molar-refractivity contribution in [2.24, 2.45) is 29.6 Å². The first-order chi connectivity index (χ1) is 25.3. The zero-order valence-electron chi connectivity index (χ0n) is 31.6. The summed E-state index contributed by atoms with van der Waals surface area (Å²) in [5.41, 5.74) is 0. The first kappa shape index (κ1) is 43.0. The second-order valence-electron chi connectivity index (χ2n) is 14.8. The fourth-order valence-electron chi connectivity index (χ4n) is 9.64. The number of hydrogen-bond acceptors (Lipinski definition) is 1. The maximum atomic E-state index is 7.75. The zero-order valence-corrected chi connectivity index (χ0v) is 35.2. The van der Waals surface area contributed by atoms with Crippen LogP contribution in [0.3, 0.4) is 0 Å². The van der Waals surface area contributed by atoms with Gasteiger partial charge < -0.3 is 12.2 Å². The monoisotopic (exact) mass is 827 g/mol. The van der Waals surface area contributed by atoms with Gasteiger partial charge in [0.2, 0.25) is 0 Å². The SMILES string of the molecule is [CH-]=O.[CH3-].[Ru+2].c1ccc(P(c2ccccc2)c2ccccc2)cc1.c1ccc([PH+](C[C@H](C2CCCCC2)C2CCC3CCCCC32)c2ccccc2)cc1. The quantitative estimate of drug-likeness (QED) is 0.0626. The molecule has 3 unspecified atom stereocenters. The van der Waals surface area contributed by atoms with Gasteiger partial charge in [0.25, 0.3) is 0 Å². The van der Waals surface area contributed by atoms with Crippen LogP contribution in [0.4, 0.5) is 0 Å². The molecule has 0 N–H and O–H groups in total. The van der Waals surface area contributed by atoms with Gasteiger partial charge in [-0.2, -0.15) is 0 Å². The summed E-state index contributed by atoms with van der Waals surface area (Å²) in [4.78, 5) is 7.75. The third-order valence-corrected chi connectivity index (χ3v) is 17.3. The zero-order chi connectivity index (χ0) is 35.1. The van der Waals surface area contributed by atoms with Crippen molar-refractivity contribution >= 4 is 49.2 Å². The third kappa shape index (κ3) is 11.6. The van der Waals surface area contributed by atoms with Gasteiger partial charge in [0.05, 0.1) is 24.7 Å². The van der Waals surface area contributed by atoms with Crippen LogP contribution in [0.2, 0.25) is 0 Å². The molecule has 278 valence electrons. The smallest absolute Gasteiger partial charge is 0.545 e. The molecule has 1 nitrogen and oxygen atoms in total. The number of hydrogen-bond donors (Lipinski definition) is 0. The molecule has 0 saturated heterocycles. The van der Waals surface area contributed by atoms with E-state index in [1.165, 1.54) is 92.7 Å². The van der Waals surface area contributed by atoms with Crippen LogP contribution in [0, 0.1) is 37.0 Å². The molecule has 0 spiro atoms. The molecule has 4 heteroatoms. The van der Waals surface area contributed by atoms with Gasteiger partial charge in [-0.1, -0.05) is 179 Å². The average molecular weight is 827 g/mol. The van der Waals surface area contributed by atoms with E-state index in [1.807, 2.05) is 0 Å². The maximum Gasteiger partial charge on any atom is 2.00 e. The Morgan fingerprint density at radius 2 is 0.906 bits per heavy atom. The van der Waals surface area contributed by atoms with Gasteiger partial charge in [0, 0.05) is 0 Å². The minimum atomic E-state index is -0.720. The Morgan fingerprint density at radius 3 is 1.36 bits per heavy atom. The molecular formula is C49H59OP2Ru+. The topological polar surface area (TPSA) is 17.1 Å². The van der Waals surface area contributed by atoms with Crippen LogP contribution < -0.4 is 26.5 Å². The summed E-state index contributed by atoms with van der Waals surface area (Å²) in [6.07, 6.45) is 18.1. The molecule has 8 rings (SSSR count). The molecule has 3 fully saturated rings. The summed E-state index contributed by atoms with van der Waals surface area (Å²) in [7, 11) is -1.17. The first-order valence-corrected chi connectivity index (χ1v) is 22.6. The Kier molecular flexibility index (Phi) is 18.8. The van der Waals surface area contributed by atoms with Crippen molar-refractivity contribution in [1.82, 2.24) is 0 Å². The molecule has 0 aromatic heterocycles. The van der Waals surface area contributed by atoms with E-state index in [0.29, 0.717) is 0 Å². The molecule has 5 aromatic carbocycles. The van der Waals surface area contributed by atoms with Gasteiger partial charge in [0.15, 0.2) is 0 Å². The number of benzene rings is 5. The van der Waals surface area contributed by atoms with Crippen LogP contribution in [0.15, 0.2) is 152 Å². The summed E-state index contributed by atoms with van der Waals surface area (Å²) >= 11 is 0. The molecule has 0 heterocycles. The maximum absolute atomic E-state index is 7.75. The van der Waals surface area contributed by atoms with Gasteiger partial charge in [0.1, 0.15) is 0 Å². The number of rotatable bonds is 9. The van der Waals surface area contributed by atoms with Crippen LogP contribution >= 0.6 is 15.8 Å². The minimum Gasteiger partial charge on any atom is -0.545 e. The van der Waals surface area contributed by atoms with Crippen LogP contribution in [-0.4, -0.2) is 13.0 Å². The van der Waals surface area contributed by atoms with Crippen LogP contribution in [-0.2, 0) is 24.3 Å². The van der Waals surface area contributed by atoms with Crippen molar-refractivity contribution < 1.29 is 24.3 Å². The van der Waals surface area contributed by atoms with E-state index in [9.17, 15) is 0 Å². The Labute approximate surface area is 337 Å². The second-order valence-corrected chi connectivity index (χ2v) is 19.5. The summed E-state index contributed by atoms with van der Waals surface area (Å²) in [5, 5.41) is 7.46. The van der Waals surface area contributed by atoms with Crippen molar-refractivity contribution in [1.29, 1.82) is 0 Å². The van der Waals surface area contributed by atoms with E-state index in [1.54, 1.807) is 10.6 Å². The summed E-state index contributed by atoms with van der Waals surface area (Å²) < 4.78 is 0. The largest absolute Gasteiger partial charge is 2.00 e. The van der Waals surface area contributed by atoms with Crippen LogP contribution in [0.25, 0.3) is 0 Å². The van der Waals surface area contributed by atoms with Gasteiger partial charge in [-0.15, -0.1) is 0 Å². The van der Waals surface area contributed by atoms with Gasteiger partial charge in [-0.25, -0.2) is 0 Å². The summed E-state index contributed by atoms with van der Waals surface area (Å²) in [5.74, 6) is 5.11. The molecule has 0 bridgehead atoms. The molecule has 5 aromatic rings. The van der Waals surface area contributed by atoms with Gasteiger partial charge >= 0.3 is 19.5 Å². The molecule has 3 aliphatic carbocycles.